The number of carbonyl (C=O) groups is 1. The number of rotatable bonds is 12. The molecular weight excluding hydrogens is 528 g/mol. The Morgan fingerprint density at radius 2 is 1.64 bits per heavy atom. The van der Waals surface area contributed by atoms with E-state index < -0.39 is 11.6 Å². The van der Waals surface area contributed by atoms with Gasteiger partial charge in [0, 0.05) is 30.0 Å². The Balaban J connectivity index is 1.38. The molecule has 0 unspecified atom stereocenters. The number of nitrogens with zero attached hydrogens (tertiary/aromatic N) is 4. The van der Waals surface area contributed by atoms with Crippen LogP contribution in [0.5, 0.6) is 11.5 Å². The topological polar surface area (TPSA) is 89.7 Å². The highest BCUT2D eigenvalue weighted by atomic mass is 16.5. The fourth-order valence-corrected chi connectivity index (χ4v) is 5.15. The molecule has 5 rings (SSSR count). The second-order valence-electron chi connectivity index (χ2n) is 11.3. The number of hydrogen-bond acceptors (Lipinski definition) is 5. The van der Waals surface area contributed by atoms with Gasteiger partial charge in [-0.15, -0.1) is 0 Å². The zero-order chi connectivity index (χ0) is 29.5. The van der Waals surface area contributed by atoms with Crippen LogP contribution in [0.3, 0.4) is 0 Å². The first-order valence-electron chi connectivity index (χ1n) is 14.4. The second kappa shape index (κ2) is 12.9. The average molecular weight is 567 g/mol. The Labute approximate surface area is 246 Å². The molecule has 3 aromatic carbocycles. The molecule has 8 nitrogen and oxygen atoms in total. The van der Waals surface area contributed by atoms with E-state index in [0.29, 0.717) is 26.3 Å². The van der Waals surface area contributed by atoms with E-state index in [1.807, 2.05) is 99.8 Å². The van der Waals surface area contributed by atoms with Crippen molar-refractivity contribution in [3.63, 3.8) is 0 Å². The lowest BCUT2D eigenvalue weighted by Crippen LogP contribution is -2.45. The van der Waals surface area contributed by atoms with Gasteiger partial charge in [0.15, 0.2) is 0 Å². The third kappa shape index (κ3) is 7.00. The van der Waals surface area contributed by atoms with Crippen LogP contribution in [0, 0.1) is 0 Å². The van der Waals surface area contributed by atoms with Crippen molar-refractivity contribution in [3.8, 4) is 11.5 Å². The molecule has 2 heterocycles. The quantitative estimate of drug-likeness (QED) is 0.159. The van der Waals surface area contributed by atoms with Gasteiger partial charge in [0.25, 0.3) is 0 Å². The number of unbranched alkanes of at least 4 members (excludes halogenated alkanes) is 1. The minimum atomic E-state index is -0.891. The van der Waals surface area contributed by atoms with Gasteiger partial charge in [0.2, 0.25) is 0 Å². The largest absolute Gasteiger partial charge is 0.492 e. The molecule has 0 fully saturated rings. The number of aromatic nitrogens is 3. The zero-order valence-electron chi connectivity index (χ0n) is 24.5. The highest BCUT2D eigenvalue weighted by molar-refractivity contribution is 6.02. The van der Waals surface area contributed by atoms with Gasteiger partial charge in [-0.2, -0.15) is 0 Å². The van der Waals surface area contributed by atoms with E-state index in [2.05, 4.69) is 10.6 Å². The molecule has 0 saturated heterocycles. The molecule has 1 N–H and O–H groups in total. The smallest absolute Gasteiger partial charge is 0.407 e. The van der Waals surface area contributed by atoms with Gasteiger partial charge in [-0.25, -0.2) is 9.78 Å². The summed E-state index contributed by atoms with van der Waals surface area (Å²) in [5, 5.41) is 10.6. The minimum absolute atomic E-state index is 0.442. The van der Waals surface area contributed by atoms with Crippen molar-refractivity contribution < 1.29 is 19.4 Å². The van der Waals surface area contributed by atoms with E-state index in [9.17, 15) is 9.90 Å². The first kappa shape index (κ1) is 28.9. The molecule has 0 aliphatic carbocycles. The molecule has 0 bridgehead atoms. The molecule has 42 heavy (non-hydrogen) atoms. The zero-order valence-corrected chi connectivity index (χ0v) is 24.5. The molecule has 0 spiro atoms. The van der Waals surface area contributed by atoms with E-state index in [1.165, 1.54) is 4.90 Å². The number of para-hydroxylation sites is 1. The fraction of sp³-hybridized carbons (Fsp3) is 0.324. The van der Waals surface area contributed by atoms with Crippen LogP contribution in [0.1, 0.15) is 45.0 Å². The molecule has 1 amide bonds. The predicted molar refractivity (Wildman–Crippen MR) is 165 cm³/mol. The van der Waals surface area contributed by atoms with Crippen LogP contribution in [0.25, 0.3) is 21.9 Å². The fourth-order valence-electron chi connectivity index (χ4n) is 5.15. The van der Waals surface area contributed by atoms with Gasteiger partial charge < -0.3 is 24.0 Å². The number of carboxylic acid groups (broad SMARTS) is 1. The van der Waals surface area contributed by atoms with Crippen molar-refractivity contribution in [1.29, 1.82) is 0 Å². The van der Waals surface area contributed by atoms with Crippen LogP contribution in [0.15, 0.2) is 85.1 Å². The summed E-state index contributed by atoms with van der Waals surface area (Å²) in [6.07, 6.45) is 3.21. The van der Waals surface area contributed by atoms with Crippen LogP contribution < -0.4 is 9.47 Å². The molecule has 218 valence electrons. The van der Waals surface area contributed by atoms with E-state index >= 15 is 0 Å². The summed E-state index contributed by atoms with van der Waals surface area (Å²) in [7, 11) is 0. The molecule has 0 saturated carbocycles. The van der Waals surface area contributed by atoms with Crippen molar-refractivity contribution in [2.45, 2.75) is 58.7 Å². The summed E-state index contributed by atoms with van der Waals surface area (Å²) in [4.78, 5) is 22.9. The van der Waals surface area contributed by atoms with Gasteiger partial charge in [-0.1, -0.05) is 48.5 Å². The molecular formula is C34H38N4O4. The normalized spacial score (nSPS) is 11.6. The number of pyridine rings is 1. The van der Waals surface area contributed by atoms with Crippen molar-refractivity contribution >= 4 is 28.0 Å². The summed E-state index contributed by atoms with van der Waals surface area (Å²) < 4.78 is 14.3. The van der Waals surface area contributed by atoms with Gasteiger partial charge in [0.1, 0.15) is 36.1 Å². The van der Waals surface area contributed by atoms with E-state index in [4.69, 9.17) is 19.4 Å². The lowest BCUT2D eigenvalue weighted by molar-refractivity contribution is 0.0991. The molecule has 0 atom stereocenters. The summed E-state index contributed by atoms with van der Waals surface area (Å²) in [5.41, 5.74) is 3.35. The molecule has 0 aliphatic heterocycles. The predicted octanol–water partition coefficient (Wildman–Crippen LogP) is 7.34. The summed E-state index contributed by atoms with van der Waals surface area (Å²) in [6.45, 7) is 7.84. The highest BCUT2D eigenvalue weighted by Crippen LogP contribution is 2.29. The number of benzene rings is 3. The maximum atomic E-state index is 11.8. The Morgan fingerprint density at radius 1 is 0.905 bits per heavy atom. The van der Waals surface area contributed by atoms with Crippen LogP contribution in [0.4, 0.5) is 4.79 Å². The van der Waals surface area contributed by atoms with Gasteiger partial charge in [0.05, 0.1) is 23.8 Å². The van der Waals surface area contributed by atoms with Crippen LogP contribution in [0.2, 0.25) is 0 Å². The number of aryl methyl sites for hydroxylation is 1. The lowest BCUT2D eigenvalue weighted by atomic mass is 10.1. The summed E-state index contributed by atoms with van der Waals surface area (Å²) >= 11 is 0. The number of amides is 1. The number of imidazole rings is 1. The van der Waals surface area contributed by atoms with Crippen molar-refractivity contribution in [1.82, 2.24) is 19.4 Å². The average Bonchev–Trinajstić information content (AvgIpc) is 3.33. The summed E-state index contributed by atoms with van der Waals surface area (Å²) in [5.74, 6) is 2.53. The first-order chi connectivity index (χ1) is 20.3. The molecule has 0 radical (unpaired) electrons. The van der Waals surface area contributed by atoms with E-state index in [1.54, 1.807) is 0 Å². The standard InChI is InChI=1S/C34H38N4O4/c1-34(2,3)38(33(39)40)19-11-10-16-31-36-30-23-35-29-22-27(42-24-25-12-6-4-7-13-25)17-18-28(29)32(30)37(31)20-21-41-26-14-8-5-9-15-26/h4-9,12-15,17-18,22-23H,10-11,16,19-21,24H2,1-3H3,(H,39,40). The Morgan fingerprint density at radius 3 is 2.36 bits per heavy atom. The lowest BCUT2D eigenvalue weighted by Gasteiger charge is -2.33. The maximum absolute atomic E-state index is 11.8. The minimum Gasteiger partial charge on any atom is -0.492 e. The van der Waals surface area contributed by atoms with E-state index in [-0.39, 0.29) is 0 Å². The Hall–Kier alpha value is -4.59. The summed E-state index contributed by atoms with van der Waals surface area (Å²) in [6, 6.07) is 25.9. The van der Waals surface area contributed by atoms with E-state index in [0.717, 1.165) is 64.1 Å². The SMILES string of the molecule is CC(C)(C)N(CCCCc1nc2cnc3cc(OCc4ccccc4)ccc3c2n1CCOc1ccccc1)C(=O)O. The van der Waals surface area contributed by atoms with Crippen LogP contribution >= 0.6 is 0 Å². The Bertz CT molecular complexity index is 1630. The third-order valence-corrected chi connectivity index (χ3v) is 7.27. The molecule has 2 aromatic heterocycles. The van der Waals surface area contributed by atoms with Gasteiger partial charge >= 0.3 is 6.09 Å². The van der Waals surface area contributed by atoms with Crippen molar-refractivity contribution in [3.05, 3.63) is 96.4 Å². The molecule has 5 aromatic rings. The molecule has 8 heteroatoms. The maximum Gasteiger partial charge on any atom is 0.407 e. The monoisotopic (exact) mass is 566 g/mol. The van der Waals surface area contributed by atoms with Crippen molar-refractivity contribution in [2.75, 3.05) is 13.2 Å². The van der Waals surface area contributed by atoms with Gasteiger partial charge in [-0.3, -0.25) is 4.98 Å². The second-order valence-corrected chi connectivity index (χ2v) is 11.3. The van der Waals surface area contributed by atoms with Crippen molar-refractivity contribution in [2.24, 2.45) is 0 Å². The highest BCUT2D eigenvalue weighted by Gasteiger charge is 2.25. The first-order valence-corrected chi connectivity index (χ1v) is 14.4. The number of fused-ring (bicyclic) bond motifs is 3. The Kier molecular flexibility index (Phi) is 8.91. The number of hydrogen-bond donors (Lipinski definition) is 1. The van der Waals surface area contributed by atoms with Crippen LogP contribution in [-0.2, 0) is 19.6 Å². The molecule has 0 aliphatic rings. The van der Waals surface area contributed by atoms with Crippen LogP contribution in [-0.4, -0.2) is 49.3 Å². The van der Waals surface area contributed by atoms with Gasteiger partial charge in [-0.05, 0) is 63.4 Å². The third-order valence-electron chi connectivity index (χ3n) is 7.27. The number of ether oxygens (including phenoxy) is 2.